The minimum absolute atomic E-state index is 0.431. The predicted octanol–water partition coefficient (Wildman–Crippen LogP) is 2.25. The standard InChI is InChI=1S/C13H21N3S/c1-2-4-13(5-3-1)10-14-6-7-16(13)8-12-9-17-11-15-12/h9,11,14H,1-8,10H2. The minimum Gasteiger partial charge on any atom is -0.314 e. The van der Waals surface area contributed by atoms with Crippen molar-refractivity contribution >= 4 is 11.3 Å². The van der Waals surface area contributed by atoms with Crippen molar-refractivity contribution in [3.63, 3.8) is 0 Å². The first kappa shape index (κ1) is 11.6. The molecule has 1 spiro atoms. The Kier molecular flexibility index (Phi) is 3.45. The maximum Gasteiger partial charge on any atom is 0.0795 e. The van der Waals surface area contributed by atoms with Crippen LogP contribution in [0.1, 0.15) is 37.8 Å². The zero-order valence-corrected chi connectivity index (χ0v) is 11.1. The molecule has 0 atom stereocenters. The summed E-state index contributed by atoms with van der Waals surface area (Å²) in [4.78, 5) is 7.14. The number of hydrogen-bond donors (Lipinski definition) is 1. The minimum atomic E-state index is 0.431. The Morgan fingerprint density at radius 1 is 1.35 bits per heavy atom. The highest BCUT2D eigenvalue weighted by Gasteiger charge is 2.39. The van der Waals surface area contributed by atoms with Crippen molar-refractivity contribution in [2.75, 3.05) is 19.6 Å². The quantitative estimate of drug-likeness (QED) is 0.874. The third-order valence-electron chi connectivity index (χ3n) is 4.30. The van der Waals surface area contributed by atoms with Gasteiger partial charge in [-0.05, 0) is 12.8 Å². The first-order valence-corrected chi connectivity index (χ1v) is 7.66. The largest absolute Gasteiger partial charge is 0.314 e. The van der Waals surface area contributed by atoms with Gasteiger partial charge in [-0.2, -0.15) is 0 Å². The van der Waals surface area contributed by atoms with E-state index in [9.17, 15) is 0 Å². The SMILES string of the molecule is c1nc(CN2CCNCC23CCCCC3)cs1. The Balaban J connectivity index is 1.75. The fraction of sp³-hybridized carbons (Fsp3) is 0.769. The van der Waals surface area contributed by atoms with Crippen molar-refractivity contribution in [3.05, 3.63) is 16.6 Å². The lowest BCUT2D eigenvalue weighted by Gasteiger charge is -2.49. The number of piperazine rings is 1. The summed E-state index contributed by atoms with van der Waals surface area (Å²) in [7, 11) is 0. The molecule has 1 aliphatic heterocycles. The molecule has 0 bridgehead atoms. The lowest BCUT2D eigenvalue weighted by atomic mass is 9.79. The topological polar surface area (TPSA) is 28.2 Å². The zero-order valence-electron chi connectivity index (χ0n) is 10.3. The first-order valence-electron chi connectivity index (χ1n) is 6.72. The first-order chi connectivity index (χ1) is 8.39. The molecule has 2 fully saturated rings. The van der Waals surface area contributed by atoms with Gasteiger partial charge in [-0.15, -0.1) is 11.3 Å². The Bertz CT molecular complexity index is 335. The van der Waals surface area contributed by atoms with Gasteiger partial charge in [-0.3, -0.25) is 4.90 Å². The van der Waals surface area contributed by atoms with E-state index in [1.165, 1.54) is 50.9 Å². The van der Waals surface area contributed by atoms with Crippen LogP contribution in [-0.2, 0) is 6.54 Å². The maximum absolute atomic E-state index is 4.44. The van der Waals surface area contributed by atoms with Crippen LogP contribution in [0.4, 0.5) is 0 Å². The number of hydrogen-bond acceptors (Lipinski definition) is 4. The molecule has 0 amide bonds. The van der Waals surface area contributed by atoms with Gasteiger partial charge in [0.25, 0.3) is 0 Å². The zero-order chi connectivity index (χ0) is 11.6. The molecule has 1 saturated carbocycles. The molecule has 1 N–H and O–H groups in total. The number of thiazole rings is 1. The van der Waals surface area contributed by atoms with E-state index >= 15 is 0 Å². The van der Waals surface area contributed by atoms with Gasteiger partial charge in [0.1, 0.15) is 0 Å². The van der Waals surface area contributed by atoms with E-state index in [1.54, 1.807) is 11.3 Å². The van der Waals surface area contributed by atoms with Crippen LogP contribution in [0.15, 0.2) is 10.9 Å². The van der Waals surface area contributed by atoms with E-state index in [4.69, 9.17) is 0 Å². The molecule has 0 aromatic carbocycles. The summed E-state index contributed by atoms with van der Waals surface area (Å²) in [5, 5.41) is 5.79. The van der Waals surface area contributed by atoms with Crippen LogP contribution >= 0.6 is 11.3 Å². The van der Waals surface area contributed by atoms with Crippen LogP contribution in [0.3, 0.4) is 0 Å². The summed E-state index contributed by atoms with van der Waals surface area (Å²) in [5.41, 5.74) is 3.63. The second-order valence-electron chi connectivity index (χ2n) is 5.36. The van der Waals surface area contributed by atoms with E-state index < -0.39 is 0 Å². The van der Waals surface area contributed by atoms with Gasteiger partial charge >= 0.3 is 0 Å². The Hall–Kier alpha value is -0.450. The van der Waals surface area contributed by atoms with Gasteiger partial charge in [0.05, 0.1) is 11.2 Å². The summed E-state index contributed by atoms with van der Waals surface area (Å²) < 4.78 is 0. The molecule has 3 nitrogen and oxygen atoms in total. The van der Waals surface area contributed by atoms with Crippen LogP contribution in [-0.4, -0.2) is 35.1 Å². The molecule has 1 aliphatic carbocycles. The highest BCUT2D eigenvalue weighted by Crippen LogP contribution is 2.35. The Morgan fingerprint density at radius 3 is 3.00 bits per heavy atom. The predicted molar refractivity (Wildman–Crippen MR) is 71.2 cm³/mol. The second-order valence-corrected chi connectivity index (χ2v) is 6.08. The molecule has 0 unspecified atom stereocenters. The second kappa shape index (κ2) is 5.04. The average Bonchev–Trinajstić information content (AvgIpc) is 2.86. The van der Waals surface area contributed by atoms with Gasteiger partial charge < -0.3 is 5.32 Å². The lowest BCUT2D eigenvalue weighted by Crippen LogP contribution is -2.61. The van der Waals surface area contributed by atoms with Crippen LogP contribution in [0.5, 0.6) is 0 Å². The van der Waals surface area contributed by atoms with Crippen molar-refractivity contribution in [3.8, 4) is 0 Å². The Morgan fingerprint density at radius 2 is 2.24 bits per heavy atom. The molecule has 1 saturated heterocycles. The summed E-state index contributed by atoms with van der Waals surface area (Å²) >= 11 is 1.71. The van der Waals surface area contributed by atoms with Crippen molar-refractivity contribution < 1.29 is 0 Å². The fourth-order valence-corrected chi connectivity index (χ4v) is 3.89. The summed E-state index contributed by atoms with van der Waals surface area (Å²) in [6.07, 6.45) is 6.95. The van der Waals surface area contributed by atoms with Crippen LogP contribution in [0.2, 0.25) is 0 Å². The van der Waals surface area contributed by atoms with E-state index in [2.05, 4.69) is 20.6 Å². The molecule has 94 valence electrons. The number of rotatable bonds is 2. The number of nitrogens with one attached hydrogen (secondary N) is 1. The molecule has 2 aliphatic rings. The maximum atomic E-state index is 4.44. The molecule has 2 heterocycles. The van der Waals surface area contributed by atoms with E-state index in [-0.39, 0.29) is 0 Å². The number of aromatic nitrogens is 1. The smallest absolute Gasteiger partial charge is 0.0795 e. The third kappa shape index (κ3) is 2.39. The van der Waals surface area contributed by atoms with Crippen LogP contribution in [0, 0.1) is 0 Å². The molecule has 1 aromatic heterocycles. The monoisotopic (exact) mass is 251 g/mol. The fourth-order valence-electron chi connectivity index (χ4n) is 3.34. The van der Waals surface area contributed by atoms with Gasteiger partial charge in [0.15, 0.2) is 0 Å². The van der Waals surface area contributed by atoms with Crippen LogP contribution < -0.4 is 5.32 Å². The van der Waals surface area contributed by atoms with E-state index in [0.717, 1.165) is 13.1 Å². The summed E-state index contributed by atoms with van der Waals surface area (Å²) in [5.74, 6) is 0. The highest BCUT2D eigenvalue weighted by molar-refractivity contribution is 7.07. The highest BCUT2D eigenvalue weighted by atomic mass is 32.1. The molecule has 4 heteroatoms. The molecule has 17 heavy (non-hydrogen) atoms. The molecular formula is C13H21N3S. The van der Waals surface area contributed by atoms with E-state index in [0.29, 0.717) is 5.54 Å². The van der Waals surface area contributed by atoms with Gasteiger partial charge in [0.2, 0.25) is 0 Å². The van der Waals surface area contributed by atoms with Crippen LogP contribution in [0.25, 0.3) is 0 Å². The van der Waals surface area contributed by atoms with Gasteiger partial charge in [0, 0.05) is 37.1 Å². The normalized spacial score (nSPS) is 25.2. The Labute approximate surface area is 107 Å². The van der Waals surface area contributed by atoms with E-state index in [1.807, 2.05) is 5.51 Å². The van der Waals surface area contributed by atoms with Gasteiger partial charge in [-0.25, -0.2) is 4.98 Å². The molecule has 0 radical (unpaired) electrons. The summed E-state index contributed by atoms with van der Waals surface area (Å²) in [6.45, 7) is 4.53. The van der Waals surface area contributed by atoms with Crippen molar-refractivity contribution in [1.82, 2.24) is 15.2 Å². The van der Waals surface area contributed by atoms with Crippen molar-refractivity contribution in [2.45, 2.75) is 44.2 Å². The lowest BCUT2D eigenvalue weighted by molar-refractivity contribution is 0.0201. The molecule has 3 rings (SSSR count). The van der Waals surface area contributed by atoms with Crippen molar-refractivity contribution in [1.29, 1.82) is 0 Å². The average molecular weight is 251 g/mol. The van der Waals surface area contributed by atoms with Crippen molar-refractivity contribution in [2.24, 2.45) is 0 Å². The third-order valence-corrected chi connectivity index (χ3v) is 4.94. The summed E-state index contributed by atoms with van der Waals surface area (Å²) in [6, 6.07) is 0. The number of nitrogens with zero attached hydrogens (tertiary/aromatic N) is 2. The molecule has 1 aromatic rings. The van der Waals surface area contributed by atoms with Gasteiger partial charge in [-0.1, -0.05) is 19.3 Å². The molecular weight excluding hydrogens is 230 g/mol.